The Morgan fingerprint density at radius 2 is 2.06 bits per heavy atom. The molecule has 0 fully saturated rings. The number of carbonyl (C=O) groups is 1. The molecular weight excluding hydrogens is 444 g/mol. The molecule has 2 aromatic heterocycles. The van der Waals surface area contributed by atoms with Crippen molar-refractivity contribution in [1.82, 2.24) is 19.3 Å². The number of nitrogens with zero attached hydrogens (tertiary/aromatic N) is 5. The molecule has 9 nitrogen and oxygen atoms in total. The number of ether oxygens (including phenoxy) is 1. The Balaban J connectivity index is 1.64. The molecule has 2 aromatic carbocycles. The Kier molecular flexibility index (Phi) is 5.28. The first-order valence-corrected chi connectivity index (χ1v) is 11.0. The molecule has 35 heavy (non-hydrogen) atoms. The Hall–Kier alpha value is -4.60. The number of hydrogen-bond acceptors (Lipinski definition) is 6. The number of carbonyl (C=O) groups excluding carboxylic acids is 1. The number of hydrogen-bond donors (Lipinski definition) is 2. The average Bonchev–Trinajstić information content (AvgIpc) is 3.33. The number of rotatable bonds is 3. The van der Waals surface area contributed by atoms with Gasteiger partial charge in [-0.2, -0.15) is 10.4 Å². The number of aliphatic hydroxyl groups is 1. The van der Waals surface area contributed by atoms with Crippen molar-refractivity contribution in [2.45, 2.75) is 32.5 Å². The van der Waals surface area contributed by atoms with Crippen LogP contribution >= 0.6 is 0 Å². The van der Waals surface area contributed by atoms with Crippen LogP contribution in [0.1, 0.15) is 41.2 Å². The summed E-state index contributed by atoms with van der Waals surface area (Å²) < 4.78 is 9.59. The molecule has 4 aromatic rings. The van der Waals surface area contributed by atoms with E-state index >= 15 is 0 Å². The summed E-state index contributed by atoms with van der Waals surface area (Å²) in [5, 5.41) is 24.6. The van der Waals surface area contributed by atoms with Gasteiger partial charge in [0, 0.05) is 10.9 Å². The number of nitrogens with two attached hydrogens (primary N) is 1. The van der Waals surface area contributed by atoms with Gasteiger partial charge in [0.15, 0.2) is 5.69 Å². The van der Waals surface area contributed by atoms with Crippen LogP contribution in [0.2, 0.25) is 0 Å². The van der Waals surface area contributed by atoms with Gasteiger partial charge in [-0.1, -0.05) is 11.8 Å². The van der Waals surface area contributed by atoms with Crippen LogP contribution in [0.3, 0.4) is 0 Å². The minimum atomic E-state index is -1.13. The van der Waals surface area contributed by atoms with Crippen LogP contribution in [0.15, 0.2) is 42.6 Å². The molecule has 0 unspecified atom stereocenters. The topological polar surface area (TPSA) is 132 Å². The van der Waals surface area contributed by atoms with Crippen molar-refractivity contribution < 1.29 is 14.6 Å². The zero-order valence-electron chi connectivity index (χ0n) is 19.2. The zero-order chi connectivity index (χ0) is 24.7. The van der Waals surface area contributed by atoms with Crippen LogP contribution in [0.25, 0.3) is 22.3 Å². The maximum absolute atomic E-state index is 12.4. The van der Waals surface area contributed by atoms with Crippen LogP contribution in [-0.4, -0.2) is 42.6 Å². The Morgan fingerprint density at radius 1 is 1.26 bits per heavy atom. The summed E-state index contributed by atoms with van der Waals surface area (Å²) in [7, 11) is 0. The number of amides is 1. The summed E-state index contributed by atoms with van der Waals surface area (Å²) in [6, 6.07) is 12.9. The standard InChI is InChI=1S/C26H22N6O3/c1-26(2,34)8-7-16-4-6-22-19(11-16)25-30-23(24(28)33)21(31(25)9-10-35-22)15-32-20-12-17(13-27)3-5-18(20)14-29-32/h3-6,11-12,14,34H,9-10,15H2,1-2H3,(H2,28,33). The molecule has 0 saturated heterocycles. The first kappa shape index (κ1) is 22.2. The average molecular weight is 467 g/mol. The fraction of sp³-hybridized carbons (Fsp3) is 0.231. The van der Waals surface area contributed by atoms with Crippen molar-refractivity contribution >= 4 is 16.8 Å². The molecular formula is C26H22N6O3. The van der Waals surface area contributed by atoms with E-state index in [-0.39, 0.29) is 12.2 Å². The molecule has 0 spiro atoms. The third-order valence-electron chi connectivity index (χ3n) is 5.68. The van der Waals surface area contributed by atoms with Crippen LogP contribution < -0.4 is 10.5 Å². The number of benzene rings is 2. The number of imidazole rings is 1. The van der Waals surface area contributed by atoms with Gasteiger partial charge in [0.05, 0.1) is 47.7 Å². The molecule has 0 saturated carbocycles. The van der Waals surface area contributed by atoms with Crippen molar-refractivity contribution in [2.24, 2.45) is 5.73 Å². The van der Waals surface area contributed by atoms with Gasteiger partial charge >= 0.3 is 0 Å². The second-order valence-corrected chi connectivity index (χ2v) is 8.80. The number of aromatic nitrogens is 4. The van der Waals surface area contributed by atoms with E-state index in [9.17, 15) is 15.2 Å². The van der Waals surface area contributed by atoms with Gasteiger partial charge in [-0.05, 0) is 50.2 Å². The van der Waals surface area contributed by atoms with E-state index in [0.717, 1.165) is 10.9 Å². The highest BCUT2D eigenvalue weighted by molar-refractivity contribution is 5.93. The Morgan fingerprint density at radius 3 is 2.80 bits per heavy atom. The van der Waals surface area contributed by atoms with E-state index in [2.05, 4.69) is 28.0 Å². The largest absolute Gasteiger partial charge is 0.491 e. The second kappa shape index (κ2) is 8.32. The predicted octanol–water partition coefficient (Wildman–Crippen LogP) is 2.43. The van der Waals surface area contributed by atoms with Crippen molar-refractivity contribution in [3.63, 3.8) is 0 Å². The van der Waals surface area contributed by atoms with E-state index in [1.807, 2.05) is 28.8 Å². The SMILES string of the molecule is CC(C)(O)C#Cc1ccc2c(c1)-c1nc(C(N)=O)c(Cn3ncc4ccc(C#N)cc43)n1CCO2. The predicted molar refractivity (Wildman–Crippen MR) is 128 cm³/mol. The lowest BCUT2D eigenvalue weighted by Crippen LogP contribution is -2.18. The molecule has 9 heteroatoms. The fourth-order valence-corrected chi connectivity index (χ4v) is 4.08. The van der Waals surface area contributed by atoms with E-state index in [1.54, 1.807) is 36.9 Å². The molecule has 0 aliphatic carbocycles. The van der Waals surface area contributed by atoms with E-state index in [1.165, 1.54) is 0 Å². The van der Waals surface area contributed by atoms with Crippen molar-refractivity contribution in [2.75, 3.05) is 6.61 Å². The lowest BCUT2D eigenvalue weighted by atomic mass is 10.1. The van der Waals surface area contributed by atoms with Crippen LogP contribution in [0, 0.1) is 23.2 Å². The van der Waals surface area contributed by atoms with E-state index in [4.69, 9.17) is 10.5 Å². The van der Waals surface area contributed by atoms with Gasteiger partial charge in [-0.3, -0.25) is 9.48 Å². The highest BCUT2D eigenvalue weighted by Gasteiger charge is 2.26. The third-order valence-corrected chi connectivity index (χ3v) is 5.68. The molecule has 0 atom stereocenters. The van der Waals surface area contributed by atoms with Crippen molar-refractivity contribution in [1.29, 1.82) is 5.26 Å². The summed E-state index contributed by atoms with van der Waals surface area (Å²) in [6.45, 7) is 4.28. The van der Waals surface area contributed by atoms with E-state index in [0.29, 0.717) is 47.1 Å². The van der Waals surface area contributed by atoms with Gasteiger partial charge in [0.1, 0.15) is 23.8 Å². The van der Waals surface area contributed by atoms with E-state index < -0.39 is 11.5 Å². The Labute approximate surface area is 201 Å². The lowest BCUT2D eigenvalue weighted by Gasteiger charge is -2.10. The molecule has 0 radical (unpaired) electrons. The normalized spacial score (nSPS) is 12.5. The molecule has 174 valence electrons. The van der Waals surface area contributed by atoms with Gasteiger partial charge in [0.2, 0.25) is 0 Å². The first-order valence-electron chi connectivity index (χ1n) is 11.0. The summed E-state index contributed by atoms with van der Waals surface area (Å²) in [4.78, 5) is 17.0. The summed E-state index contributed by atoms with van der Waals surface area (Å²) in [6.07, 6.45) is 1.71. The molecule has 3 heterocycles. The summed E-state index contributed by atoms with van der Waals surface area (Å²) in [5.74, 6) is 6.30. The van der Waals surface area contributed by atoms with Gasteiger partial charge in [-0.25, -0.2) is 4.98 Å². The summed E-state index contributed by atoms with van der Waals surface area (Å²) >= 11 is 0. The van der Waals surface area contributed by atoms with Crippen molar-refractivity contribution in [3.05, 3.63) is 65.1 Å². The maximum Gasteiger partial charge on any atom is 0.269 e. The molecule has 5 rings (SSSR count). The molecule has 0 bridgehead atoms. The van der Waals surface area contributed by atoms with Gasteiger partial charge < -0.3 is 20.1 Å². The maximum atomic E-state index is 12.4. The van der Waals surface area contributed by atoms with Crippen LogP contribution in [0.5, 0.6) is 5.75 Å². The Bertz CT molecular complexity index is 1590. The smallest absolute Gasteiger partial charge is 0.269 e. The number of nitriles is 1. The van der Waals surface area contributed by atoms with Gasteiger partial charge in [-0.15, -0.1) is 0 Å². The molecule has 1 aliphatic heterocycles. The first-order chi connectivity index (χ1) is 16.7. The van der Waals surface area contributed by atoms with Crippen LogP contribution in [0.4, 0.5) is 0 Å². The highest BCUT2D eigenvalue weighted by atomic mass is 16.5. The number of primary amides is 1. The third kappa shape index (κ3) is 4.21. The van der Waals surface area contributed by atoms with Crippen molar-refractivity contribution in [3.8, 4) is 35.0 Å². The molecule has 3 N–H and O–H groups in total. The fourth-order valence-electron chi connectivity index (χ4n) is 4.08. The lowest BCUT2D eigenvalue weighted by molar-refractivity contribution is 0.0994. The second-order valence-electron chi connectivity index (χ2n) is 8.80. The minimum Gasteiger partial charge on any atom is -0.491 e. The zero-order valence-corrected chi connectivity index (χ0v) is 19.2. The van der Waals surface area contributed by atoms with Gasteiger partial charge in [0.25, 0.3) is 5.91 Å². The van der Waals surface area contributed by atoms with Crippen LogP contribution in [-0.2, 0) is 13.1 Å². The summed E-state index contributed by atoms with van der Waals surface area (Å²) in [5.41, 5.74) is 7.99. The number of fused-ring (bicyclic) bond motifs is 4. The quantitative estimate of drug-likeness (QED) is 0.446. The minimum absolute atomic E-state index is 0.154. The molecule has 1 aliphatic rings. The highest BCUT2D eigenvalue weighted by Crippen LogP contribution is 2.34. The molecule has 1 amide bonds. The monoisotopic (exact) mass is 466 g/mol.